The minimum Gasteiger partial charge on any atom is -0.377 e. The lowest BCUT2D eigenvalue weighted by Crippen LogP contribution is -2.58. The molecule has 10 nitrogen and oxygen atoms in total. The van der Waals surface area contributed by atoms with E-state index < -0.39 is 0 Å². The van der Waals surface area contributed by atoms with Gasteiger partial charge in [0.25, 0.3) is 0 Å². The van der Waals surface area contributed by atoms with E-state index in [2.05, 4.69) is 54.7 Å². The first kappa shape index (κ1) is 25.9. The average Bonchev–Trinajstić information content (AvgIpc) is 3.62. The van der Waals surface area contributed by atoms with Crippen LogP contribution in [0.25, 0.3) is 0 Å². The van der Waals surface area contributed by atoms with Crippen LogP contribution in [-0.4, -0.2) is 82.7 Å². The Morgan fingerprint density at radius 2 is 1.97 bits per heavy atom. The maximum absolute atomic E-state index is 12.7. The molecule has 5 heterocycles. The molecule has 1 aliphatic carbocycles. The number of anilines is 3. The predicted molar refractivity (Wildman–Crippen MR) is 148 cm³/mol. The Labute approximate surface area is 228 Å². The van der Waals surface area contributed by atoms with E-state index in [1.54, 1.807) is 6.20 Å². The third kappa shape index (κ3) is 6.10. The highest BCUT2D eigenvalue weighted by Crippen LogP contribution is 2.44. The number of rotatable bonds is 8. The molecule has 6 rings (SSSR count). The van der Waals surface area contributed by atoms with Gasteiger partial charge in [0.1, 0.15) is 0 Å². The van der Waals surface area contributed by atoms with Gasteiger partial charge in [0.05, 0.1) is 19.1 Å². The second-order valence-corrected chi connectivity index (χ2v) is 13.7. The molecule has 0 aromatic carbocycles. The lowest BCUT2D eigenvalue weighted by Gasteiger charge is -2.49. The largest absolute Gasteiger partial charge is 0.377 e. The van der Waals surface area contributed by atoms with Gasteiger partial charge in [-0.15, -0.1) is 15.3 Å². The Balaban J connectivity index is 0.904. The van der Waals surface area contributed by atoms with E-state index in [9.17, 15) is 4.79 Å². The van der Waals surface area contributed by atoms with Crippen molar-refractivity contribution in [3.63, 3.8) is 0 Å². The van der Waals surface area contributed by atoms with Crippen LogP contribution in [0, 0.1) is 16.7 Å². The van der Waals surface area contributed by atoms with Crippen molar-refractivity contribution < 1.29 is 9.53 Å². The fourth-order valence-electron chi connectivity index (χ4n) is 6.72. The fraction of sp³-hybridized carbons (Fsp3) is 0.741. The third-order valence-corrected chi connectivity index (χ3v) is 9.63. The van der Waals surface area contributed by atoms with Crippen molar-refractivity contribution in [3.05, 3.63) is 18.3 Å². The summed E-state index contributed by atoms with van der Waals surface area (Å²) in [4.78, 5) is 17.5. The van der Waals surface area contributed by atoms with Gasteiger partial charge < -0.3 is 25.2 Å². The van der Waals surface area contributed by atoms with Crippen LogP contribution in [0.3, 0.4) is 0 Å². The molecule has 2 atom stereocenters. The maximum atomic E-state index is 12.7. The molecule has 3 saturated heterocycles. The SMILES string of the molecule is CC1(C)CCC(CN2CC3(CO[C@@H](CC(=O)Nc4nnc(N[C@@H]5CCN(c6cccnn6)C5)s4)C3)C2)CC1. The molecule has 11 heteroatoms. The van der Waals surface area contributed by atoms with Crippen molar-refractivity contribution >= 4 is 33.3 Å². The number of hydrogen-bond acceptors (Lipinski definition) is 10. The number of likely N-dealkylation sites (tertiary alicyclic amines) is 1. The Morgan fingerprint density at radius 3 is 2.76 bits per heavy atom. The number of ether oxygens (including phenoxy) is 1. The van der Waals surface area contributed by atoms with Gasteiger partial charge in [-0.2, -0.15) is 5.10 Å². The first-order chi connectivity index (χ1) is 18.3. The van der Waals surface area contributed by atoms with Gasteiger partial charge in [0.2, 0.25) is 16.2 Å². The van der Waals surface area contributed by atoms with Crippen molar-refractivity contribution in [1.82, 2.24) is 25.3 Å². The summed E-state index contributed by atoms with van der Waals surface area (Å²) in [7, 11) is 0. The zero-order valence-corrected chi connectivity index (χ0v) is 23.4. The first-order valence-corrected chi connectivity index (χ1v) is 14.9. The highest BCUT2D eigenvalue weighted by atomic mass is 32.1. The van der Waals surface area contributed by atoms with Crippen LogP contribution in [0.2, 0.25) is 0 Å². The van der Waals surface area contributed by atoms with Crippen LogP contribution < -0.4 is 15.5 Å². The fourth-order valence-corrected chi connectivity index (χ4v) is 7.45. The number of amides is 1. The molecular formula is C27H40N8O2S. The van der Waals surface area contributed by atoms with Gasteiger partial charge in [-0.1, -0.05) is 25.2 Å². The Morgan fingerprint density at radius 1 is 1.16 bits per heavy atom. The Kier molecular flexibility index (Phi) is 7.26. The second-order valence-electron chi connectivity index (χ2n) is 12.7. The van der Waals surface area contributed by atoms with E-state index in [0.29, 0.717) is 17.0 Å². The highest BCUT2D eigenvalue weighted by Gasteiger charge is 2.49. The van der Waals surface area contributed by atoms with E-state index in [4.69, 9.17) is 4.74 Å². The van der Waals surface area contributed by atoms with Gasteiger partial charge >= 0.3 is 0 Å². The lowest BCUT2D eigenvalue weighted by atomic mass is 9.72. The Hall–Kier alpha value is -2.37. The van der Waals surface area contributed by atoms with Gasteiger partial charge in [0.15, 0.2) is 5.82 Å². The quantitative estimate of drug-likeness (QED) is 0.519. The van der Waals surface area contributed by atoms with Crippen LogP contribution in [0.15, 0.2) is 18.3 Å². The monoisotopic (exact) mass is 540 g/mol. The summed E-state index contributed by atoms with van der Waals surface area (Å²) < 4.78 is 6.08. The molecule has 1 amide bonds. The van der Waals surface area contributed by atoms with Crippen LogP contribution in [-0.2, 0) is 9.53 Å². The summed E-state index contributed by atoms with van der Waals surface area (Å²) >= 11 is 1.38. The number of nitrogens with one attached hydrogen (secondary N) is 2. The molecule has 3 aliphatic heterocycles. The molecule has 2 aromatic heterocycles. The zero-order chi connectivity index (χ0) is 26.2. The van der Waals surface area contributed by atoms with E-state index >= 15 is 0 Å². The molecule has 4 fully saturated rings. The molecule has 38 heavy (non-hydrogen) atoms. The minimum atomic E-state index is -0.0505. The standard InChI is InChI=1S/C27H40N8O2S/c1-26(2)8-5-19(6-9-26)14-34-16-27(17-34)13-21(37-18-27)12-23(36)30-25-33-32-24(38-25)29-20-7-11-35(15-20)22-4-3-10-28-31-22/h3-4,10,19-21H,5-9,11-18H2,1-2H3,(H,29,32)(H,30,33,36)/t20-,21+/m1/s1. The molecule has 206 valence electrons. The molecule has 0 unspecified atom stereocenters. The van der Waals surface area contributed by atoms with Gasteiger partial charge in [0, 0.05) is 50.4 Å². The van der Waals surface area contributed by atoms with E-state index in [0.717, 1.165) is 62.5 Å². The average molecular weight is 541 g/mol. The number of carbonyl (C=O) groups is 1. The van der Waals surface area contributed by atoms with Crippen LogP contribution >= 0.6 is 11.3 Å². The Bertz CT molecular complexity index is 1100. The predicted octanol–water partition coefficient (Wildman–Crippen LogP) is 3.65. The maximum Gasteiger partial charge on any atom is 0.228 e. The molecule has 0 bridgehead atoms. The van der Waals surface area contributed by atoms with Crippen LogP contribution in [0.5, 0.6) is 0 Å². The molecule has 0 radical (unpaired) electrons. The smallest absolute Gasteiger partial charge is 0.228 e. The molecule has 1 spiro atoms. The molecule has 2 aromatic rings. The number of carbonyl (C=O) groups excluding carboxylic acids is 1. The normalized spacial score (nSPS) is 26.9. The van der Waals surface area contributed by atoms with Crippen molar-refractivity contribution in [3.8, 4) is 0 Å². The summed E-state index contributed by atoms with van der Waals surface area (Å²) in [6.45, 7) is 10.8. The highest BCUT2D eigenvalue weighted by molar-refractivity contribution is 7.19. The van der Waals surface area contributed by atoms with E-state index in [-0.39, 0.29) is 23.5 Å². The minimum absolute atomic E-state index is 0.0105. The van der Waals surface area contributed by atoms with Crippen molar-refractivity contribution in [2.75, 3.05) is 54.9 Å². The van der Waals surface area contributed by atoms with Gasteiger partial charge in [-0.05, 0) is 62.0 Å². The summed E-state index contributed by atoms with van der Waals surface area (Å²) in [6.07, 6.45) is 9.43. The summed E-state index contributed by atoms with van der Waals surface area (Å²) in [5, 5.41) is 24.2. The number of hydrogen-bond donors (Lipinski definition) is 2. The van der Waals surface area contributed by atoms with Crippen LogP contribution in [0.4, 0.5) is 16.1 Å². The number of nitrogens with zero attached hydrogens (tertiary/aromatic N) is 6. The third-order valence-electron chi connectivity index (χ3n) is 8.86. The van der Waals surface area contributed by atoms with Crippen LogP contribution in [0.1, 0.15) is 58.8 Å². The molecule has 4 aliphatic rings. The number of aromatic nitrogens is 4. The first-order valence-electron chi connectivity index (χ1n) is 14.1. The van der Waals surface area contributed by atoms with Crippen molar-refractivity contribution in [1.29, 1.82) is 0 Å². The molecular weight excluding hydrogens is 500 g/mol. The summed E-state index contributed by atoms with van der Waals surface area (Å²) in [5.74, 6) is 1.69. The topological polar surface area (TPSA) is 108 Å². The van der Waals surface area contributed by atoms with E-state index in [1.165, 1.54) is 43.6 Å². The van der Waals surface area contributed by atoms with E-state index in [1.807, 2.05) is 12.1 Å². The second kappa shape index (κ2) is 10.7. The van der Waals surface area contributed by atoms with Gasteiger partial charge in [-0.25, -0.2) is 0 Å². The van der Waals surface area contributed by atoms with Crippen molar-refractivity contribution in [2.24, 2.45) is 16.7 Å². The summed E-state index contributed by atoms with van der Waals surface area (Å²) in [6, 6.07) is 4.13. The molecule has 1 saturated carbocycles. The van der Waals surface area contributed by atoms with Gasteiger partial charge in [-0.3, -0.25) is 4.79 Å². The van der Waals surface area contributed by atoms with Crippen molar-refractivity contribution in [2.45, 2.75) is 70.9 Å². The summed E-state index contributed by atoms with van der Waals surface area (Å²) in [5.41, 5.74) is 0.780. The molecule has 2 N–H and O–H groups in total. The zero-order valence-electron chi connectivity index (χ0n) is 22.6. The lowest BCUT2D eigenvalue weighted by molar-refractivity contribution is -0.118.